The Morgan fingerprint density at radius 1 is 1.24 bits per heavy atom. The summed E-state index contributed by atoms with van der Waals surface area (Å²) in [4.78, 5) is 21.1. The summed E-state index contributed by atoms with van der Waals surface area (Å²) in [7, 11) is 0. The van der Waals surface area contributed by atoms with Gasteiger partial charge < -0.3 is 16.0 Å². The van der Waals surface area contributed by atoms with Crippen LogP contribution >= 0.6 is 11.3 Å². The molecule has 0 aliphatic carbocycles. The van der Waals surface area contributed by atoms with Crippen LogP contribution in [-0.4, -0.2) is 43.0 Å². The van der Waals surface area contributed by atoms with Crippen molar-refractivity contribution in [3.05, 3.63) is 15.6 Å². The molecule has 0 bridgehead atoms. The number of aliphatic imine (C=N–C) groups is 1. The molecular formula is C14H25N5OS. The number of guanidine groups is 1. The summed E-state index contributed by atoms with van der Waals surface area (Å²) >= 11 is 1.74. The lowest BCUT2D eigenvalue weighted by atomic mass is 10.4. The summed E-state index contributed by atoms with van der Waals surface area (Å²) in [5, 5.41) is 10.2. The first-order chi connectivity index (χ1) is 10.0. The third-order valence-corrected chi connectivity index (χ3v) is 3.94. The van der Waals surface area contributed by atoms with Gasteiger partial charge in [0.1, 0.15) is 0 Å². The number of carbonyl (C=O) groups is 1. The quantitative estimate of drug-likeness (QED) is 0.399. The molecule has 1 rings (SSSR count). The third kappa shape index (κ3) is 7.08. The van der Waals surface area contributed by atoms with Crippen LogP contribution in [0.4, 0.5) is 0 Å². The molecule has 6 nitrogen and oxygen atoms in total. The van der Waals surface area contributed by atoms with Crippen molar-refractivity contribution in [3.8, 4) is 0 Å². The molecule has 0 aliphatic heterocycles. The van der Waals surface area contributed by atoms with E-state index in [2.05, 4.69) is 32.9 Å². The van der Waals surface area contributed by atoms with E-state index in [1.54, 1.807) is 11.3 Å². The zero-order valence-corrected chi connectivity index (χ0v) is 14.1. The largest absolute Gasteiger partial charge is 0.357 e. The van der Waals surface area contributed by atoms with Crippen molar-refractivity contribution in [2.24, 2.45) is 4.99 Å². The smallest absolute Gasteiger partial charge is 0.216 e. The molecule has 0 fully saturated rings. The van der Waals surface area contributed by atoms with Crippen LogP contribution in [0.1, 0.15) is 29.4 Å². The maximum absolute atomic E-state index is 10.8. The van der Waals surface area contributed by atoms with E-state index in [9.17, 15) is 4.79 Å². The first-order valence-electron chi connectivity index (χ1n) is 7.22. The zero-order valence-electron chi connectivity index (χ0n) is 13.2. The van der Waals surface area contributed by atoms with Crippen molar-refractivity contribution in [2.75, 3.05) is 26.2 Å². The van der Waals surface area contributed by atoms with Crippen LogP contribution in [0.5, 0.6) is 0 Å². The number of thiazole rings is 1. The van der Waals surface area contributed by atoms with Gasteiger partial charge in [-0.2, -0.15) is 0 Å². The minimum atomic E-state index is -0.0201. The zero-order chi connectivity index (χ0) is 15.7. The minimum Gasteiger partial charge on any atom is -0.357 e. The number of nitrogens with zero attached hydrogens (tertiary/aromatic N) is 2. The van der Waals surface area contributed by atoms with Gasteiger partial charge in [0.25, 0.3) is 0 Å². The second kappa shape index (κ2) is 9.33. The van der Waals surface area contributed by atoms with E-state index in [0.29, 0.717) is 19.6 Å². The van der Waals surface area contributed by atoms with Gasteiger partial charge in [-0.1, -0.05) is 0 Å². The van der Waals surface area contributed by atoms with Gasteiger partial charge in [-0.05, 0) is 20.8 Å². The van der Waals surface area contributed by atoms with E-state index in [1.165, 1.54) is 11.8 Å². The lowest BCUT2D eigenvalue weighted by Crippen LogP contribution is -2.41. The molecule has 7 heteroatoms. The van der Waals surface area contributed by atoms with Crippen molar-refractivity contribution in [1.29, 1.82) is 0 Å². The topological polar surface area (TPSA) is 78.4 Å². The monoisotopic (exact) mass is 311 g/mol. The highest BCUT2D eigenvalue weighted by Gasteiger charge is 2.03. The van der Waals surface area contributed by atoms with Crippen LogP contribution in [0.15, 0.2) is 4.99 Å². The fourth-order valence-electron chi connectivity index (χ4n) is 1.67. The Labute approximate surface area is 130 Å². The Bertz CT molecular complexity index is 464. The maximum Gasteiger partial charge on any atom is 0.216 e. The van der Waals surface area contributed by atoms with Crippen molar-refractivity contribution in [2.45, 2.75) is 34.1 Å². The molecular weight excluding hydrogens is 286 g/mol. The van der Waals surface area contributed by atoms with Crippen LogP contribution in [0, 0.1) is 13.8 Å². The number of aromatic nitrogens is 1. The highest BCUT2D eigenvalue weighted by Crippen LogP contribution is 2.16. The number of nitrogens with one attached hydrogen (secondary N) is 3. The Morgan fingerprint density at radius 3 is 2.52 bits per heavy atom. The van der Waals surface area contributed by atoms with Gasteiger partial charge in [-0.15, -0.1) is 11.3 Å². The van der Waals surface area contributed by atoms with E-state index in [4.69, 9.17) is 0 Å². The second-order valence-electron chi connectivity index (χ2n) is 4.67. The summed E-state index contributed by atoms with van der Waals surface area (Å²) in [6, 6.07) is 0. The predicted octanol–water partition coefficient (Wildman–Crippen LogP) is 0.994. The van der Waals surface area contributed by atoms with Gasteiger partial charge in [0.05, 0.1) is 10.7 Å². The number of hydrogen-bond donors (Lipinski definition) is 3. The Morgan fingerprint density at radius 2 is 1.95 bits per heavy atom. The third-order valence-electron chi connectivity index (χ3n) is 2.80. The lowest BCUT2D eigenvalue weighted by Gasteiger charge is -2.11. The molecule has 0 radical (unpaired) electrons. The standard InChI is InChI=1S/C14H25N5OS/c1-5-15-14(18-9-8-16-12(4)20)17-7-6-13-19-10(2)11(3)21-13/h5-9H2,1-4H3,(H,16,20)(H2,15,17,18). The van der Waals surface area contributed by atoms with E-state index >= 15 is 0 Å². The summed E-state index contributed by atoms with van der Waals surface area (Å²) in [6.45, 7) is 10.4. The van der Waals surface area contributed by atoms with Crippen LogP contribution in [-0.2, 0) is 11.2 Å². The van der Waals surface area contributed by atoms with Gasteiger partial charge in [-0.3, -0.25) is 9.79 Å². The molecule has 1 aromatic rings. The van der Waals surface area contributed by atoms with E-state index < -0.39 is 0 Å². The van der Waals surface area contributed by atoms with Crippen LogP contribution < -0.4 is 16.0 Å². The van der Waals surface area contributed by atoms with Gasteiger partial charge in [0.2, 0.25) is 5.91 Å². The number of aryl methyl sites for hydroxylation is 2. The molecule has 0 saturated carbocycles. The molecule has 3 N–H and O–H groups in total. The Kier molecular flexibility index (Phi) is 7.74. The first kappa shape index (κ1) is 17.4. The maximum atomic E-state index is 10.8. The average molecular weight is 311 g/mol. The summed E-state index contributed by atoms with van der Waals surface area (Å²) < 4.78 is 0. The highest BCUT2D eigenvalue weighted by atomic mass is 32.1. The van der Waals surface area contributed by atoms with Gasteiger partial charge in [0.15, 0.2) is 5.96 Å². The van der Waals surface area contributed by atoms with Crippen LogP contribution in [0.2, 0.25) is 0 Å². The molecule has 0 unspecified atom stereocenters. The van der Waals surface area contributed by atoms with Crippen molar-refractivity contribution in [1.82, 2.24) is 20.9 Å². The number of hydrogen-bond acceptors (Lipinski definition) is 4. The van der Waals surface area contributed by atoms with Crippen LogP contribution in [0.25, 0.3) is 0 Å². The van der Waals surface area contributed by atoms with E-state index in [1.807, 2.05) is 13.8 Å². The lowest BCUT2D eigenvalue weighted by molar-refractivity contribution is -0.118. The molecule has 1 amide bonds. The summed E-state index contributed by atoms with van der Waals surface area (Å²) in [5.41, 5.74) is 1.11. The molecule has 0 aliphatic rings. The normalized spacial score (nSPS) is 11.3. The van der Waals surface area contributed by atoms with Crippen molar-refractivity contribution >= 4 is 23.2 Å². The Balaban J connectivity index is 2.38. The van der Waals surface area contributed by atoms with E-state index in [-0.39, 0.29) is 5.91 Å². The molecule has 21 heavy (non-hydrogen) atoms. The SMILES string of the molecule is CCNC(=NCCc1nc(C)c(C)s1)NCCNC(C)=O. The molecule has 0 atom stereocenters. The molecule has 1 aromatic heterocycles. The Hall–Kier alpha value is -1.63. The summed E-state index contributed by atoms with van der Waals surface area (Å²) in [6.07, 6.45) is 0.849. The summed E-state index contributed by atoms with van der Waals surface area (Å²) in [5.74, 6) is 0.751. The fourth-order valence-corrected chi connectivity index (χ4v) is 2.59. The van der Waals surface area contributed by atoms with Crippen molar-refractivity contribution in [3.63, 3.8) is 0 Å². The van der Waals surface area contributed by atoms with Crippen molar-refractivity contribution < 1.29 is 4.79 Å². The molecule has 0 spiro atoms. The molecule has 0 saturated heterocycles. The second-order valence-corrected chi connectivity index (χ2v) is 5.96. The highest BCUT2D eigenvalue weighted by molar-refractivity contribution is 7.11. The van der Waals surface area contributed by atoms with Gasteiger partial charge in [0, 0.05) is 44.4 Å². The van der Waals surface area contributed by atoms with Gasteiger partial charge in [-0.25, -0.2) is 4.98 Å². The number of carbonyl (C=O) groups excluding carboxylic acids is 1. The average Bonchev–Trinajstić information content (AvgIpc) is 2.73. The van der Waals surface area contributed by atoms with E-state index in [0.717, 1.165) is 29.6 Å². The predicted molar refractivity (Wildman–Crippen MR) is 88.0 cm³/mol. The number of rotatable bonds is 7. The minimum absolute atomic E-state index is 0.0201. The fraction of sp³-hybridized carbons (Fsp3) is 0.643. The van der Waals surface area contributed by atoms with Crippen LogP contribution in [0.3, 0.4) is 0 Å². The molecule has 1 heterocycles. The molecule has 118 valence electrons. The molecule has 0 aromatic carbocycles. The number of amides is 1. The first-order valence-corrected chi connectivity index (χ1v) is 8.04. The van der Waals surface area contributed by atoms with Gasteiger partial charge >= 0.3 is 0 Å².